The Balaban J connectivity index is 1.80. The molecule has 190 valence electrons. The molecule has 8 heteroatoms. The molecule has 2 N–H and O–H groups in total. The van der Waals surface area contributed by atoms with E-state index in [1.54, 1.807) is 55.8 Å². The van der Waals surface area contributed by atoms with Gasteiger partial charge in [-0.3, -0.25) is 14.3 Å². The second-order valence-electron chi connectivity index (χ2n) is 8.50. The summed E-state index contributed by atoms with van der Waals surface area (Å²) in [5.74, 6) is 0.438. The number of anilines is 1. The van der Waals surface area contributed by atoms with Crippen molar-refractivity contribution in [3.8, 4) is 28.3 Å². The van der Waals surface area contributed by atoms with Crippen molar-refractivity contribution in [3.63, 3.8) is 0 Å². The Morgan fingerprint density at radius 2 is 1.71 bits per heavy atom. The maximum Gasteiger partial charge on any atom is 0.355 e. The average Bonchev–Trinajstić information content (AvgIpc) is 2.96. The van der Waals surface area contributed by atoms with Gasteiger partial charge in [-0.15, -0.1) is 0 Å². The van der Waals surface area contributed by atoms with Gasteiger partial charge < -0.3 is 19.9 Å². The molecule has 0 aliphatic rings. The molecule has 5 rings (SSSR count). The van der Waals surface area contributed by atoms with Crippen molar-refractivity contribution in [1.29, 1.82) is 0 Å². The third kappa shape index (κ3) is 4.67. The summed E-state index contributed by atoms with van der Waals surface area (Å²) in [6.45, 7) is 0.238. The standard InChI is InChI=1S/C30H25N3O5/c1-36-23-8-5-6-19(16-23)27-25-14-13-24(38-18-21-7-3-4-15-32-21)17-26(25)29(34)33(28(27)30(35)37-2)22-11-9-20(31)10-12-22/h3-17H,18,31H2,1-2H3. The molecule has 0 unspecified atom stereocenters. The summed E-state index contributed by atoms with van der Waals surface area (Å²) in [5, 5.41) is 0.936. The van der Waals surface area contributed by atoms with Crippen LogP contribution in [0.1, 0.15) is 16.2 Å². The van der Waals surface area contributed by atoms with Gasteiger partial charge in [-0.1, -0.05) is 18.2 Å². The summed E-state index contributed by atoms with van der Waals surface area (Å²) in [7, 11) is 2.85. The number of methoxy groups -OCH3 is 2. The molecule has 2 heterocycles. The Hall–Kier alpha value is -5.11. The topological polar surface area (TPSA) is 106 Å². The second kappa shape index (κ2) is 10.5. The molecule has 0 saturated heterocycles. The first-order chi connectivity index (χ1) is 18.5. The molecule has 0 fully saturated rings. The van der Waals surface area contributed by atoms with Gasteiger partial charge in [-0.25, -0.2) is 4.79 Å². The second-order valence-corrected chi connectivity index (χ2v) is 8.50. The van der Waals surface area contributed by atoms with Gasteiger partial charge in [0.25, 0.3) is 5.56 Å². The molecule has 0 aliphatic heterocycles. The third-order valence-electron chi connectivity index (χ3n) is 6.16. The molecule has 0 atom stereocenters. The maximum absolute atomic E-state index is 14.0. The predicted molar refractivity (Wildman–Crippen MR) is 146 cm³/mol. The van der Waals surface area contributed by atoms with Gasteiger partial charge in [0.15, 0.2) is 0 Å². The Morgan fingerprint density at radius 3 is 2.42 bits per heavy atom. The lowest BCUT2D eigenvalue weighted by molar-refractivity contribution is 0.0591. The molecule has 5 aromatic rings. The molecular weight excluding hydrogens is 482 g/mol. The highest BCUT2D eigenvalue weighted by atomic mass is 16.5. The molecule has 2 aromatic heterocycles. The lowest BCUT2D eigenvalue weighted by Crippen LogP contribution is -2.27. The molecule has 8 nitrogen and oxygen atoms in total. The van der Waals surface area contributed by atoms with Crippen molar-refractivity contribution >= 4 is 22.4 Å². The molecule has 0 bridgehead atoms. The Labute approximate surface area is 218 Å². The summed E-state index contributed by atoms with van der Waals surface area (Å²) < 4.78 is 17.9. The van der Waals surface area contributed by atoms with Crippen LogP contribution in [0.4, 0.5) is 5.69 Å². The molecule has 0 amide bonds. The number of carbonyl (C=O) groups is 1. The van der Waals surface area contributed by atoms with E-state index in [4.69, 9.17) is 19.9 Å². The number of benzene rings is 3. The minimum absolute atomic E-state index is 0.0881. The number of aromatic nitrogens is 2. The van der Waals surface area contributed by atoms with E-state index in [1.807, 2.05) is 42.5 Å². The molecule has 0 spiro atoms. The van der Waals surface area contributed by atoms with Gasteiger partial charge in [0.05, 0.1) is 25.3 Å². The van der Waals surface area contributed by atoms with Crippen LogP contribution in [0.3, 0.4) is 0 Å². The molecule has 38 heavy (non-hydrogen) atoms. The highest BCUT2D eigenvalue weighted by Gasteiger charge is 2.25. The van der Waals surface area contributed by atoms with Gasteiger partial charge in [0, 0.05) is 23.1 Å². The zero-order valence-electron chi connectivity index (χ0n) is 20.9. The molecule has 3 aromatic carbocycles. The number of carbonyl (C=O) groups excluding carboxylic acids is 1. The van der Waals surface area contributed by atoms with E-state index in [2.05, 4.69) is 4.98 Å². The molecule has 0 saturated carbocycles. The first kappa shape index (κ1) is 24.6. The summed E-state index contributed by atoms with van der Waals surface area (Å²) in [6, 6.07) is 24.8. The summed E-state index contributed by atoms with van der Waals surface area (Å²) in [6.07, 6.45) is 1.69. The number of ether oxygens (including phenoxy) is 3. The van der Waals surface area contributed by atoms with Crippen molar-refractivity contribution in [3.05, 3.63) is 113 Å². The fourth-order valence-electron chi connectivity index (χ4n) is 4.34. The van der Waals surface area contributed by atoms with Gasteiger partial charge >= 0.3 is 5.97 Å². The Morgan fingerprint density at radius 1 is 0.895 bits per heavy atom. The van der Waals surface area contributed by atoms with Crippen LogP contribution < -0.4 is 20.8 Å². The van der Waals surface area contributed by atoms with Gasteiger partial charge in [-0.05, 0) is 77.7 Å². The smallest absolute Gasteiger partial charge is 0.355 e. The van der Waals surface area contributed by atoms with Crippen molar-refractivity contribution < 1.29 is 19.0 Å². The highest BCUT2D eigenvalue weighted by molar-refractivity contribution is 6.07. The summed E-state index contributed by atoms with van der Waals surface area (Å²) >= 11 is 0. The minimum atomic E-state index is -0.658. The first-order valence-electron chi connectivity index (χ1n) is 11.8. The van der Waals surface area contributed by atoms with E-state index in [9.17, 15) is 9.59 Å². The largest absolute Gasteiger partial charge is 0.497 e. The van der Waals surface area contributed by atoms with Crippen LogP contribution >= 0.6 is 0 Å². The number of nitrogen functional groups attached to an aromatic ring is 1. The number of rotatable bonds is 7. The van der Waals surface area contributed by atoms with Crippen molar-refractivity contribution in [1.82, 2.24) is 9.55 Å². The van der Waals surface area contributed by atoms with Gasteiger partial charge in [0.1, 0.15) is 23.8 Å². The van der Waals surface area contributed by atoms with Crippen molar-refractivity contribution in [2.24, 2.45) is 0 Å². The van der Waals surface area contributed by atoms with Crippen LogP contribution in [-0.4, -0.2) is 29.7 Å². The molecule has 0 radical (unpaired) electrons. The van der Waals surface area contributed by atoms with E-state index in [0.717, 1.165) is 5.69 Å². The van der Waals surface area contributed by atoms with Crippen LogP contribution in [0.25, 0.3) is 27.6 Å². The maximum atomic E-state index is 14.0. The zero-order valence-corrected chi connectivity index (χ0v) is 20.9. The number of hydrogen-bond acceptors (Lipinski definition) is 7. The fraction of sp³-hybridized carbons (Fsp3) is 0.100. The minimum Gasteiger partial charge on any atom is -0.497 e. The molecular formula is C30H25N3O5. The lowest BCUT2D eigenvalue weighted by Gasteiger charge is -2.19. The number of esters is 1. The van der Waals surface area contributed by atoms with E-state index in [-0.39, 0.29) is 12.3 Å². The number of fused-ring (bicyclic) bond motifs is 1. The molecule has 0 aliphatic carbocycles. The van der Waals surface area contributed by atoms with E-state index >= 15 is 0 Å². The van der Waals surface area contributed by atoms with Crippen LogP contribution in [0.15, 0.2) is 95.9 Å². The zero-order chi connectivity index (χ0) is 26.6. The fourth-order valence-corrected chi connectivity index (χ4v) is 4.34. The number of hydrogen-bond donors (Lipinski definition) is 1. The van der Waals surface area contributed by atoms with Crippen LogP contribution in [0, 0.1) is 0 Å². The predicted octanol–water partition coefficient (Wildman–Crippen LogP) is 5.01. The number of pyridine rings is 2. The Kier molecular flexibility index (Phi) is 6.78. The average molecular weight is 508 g/mol. The van der Waals surface area contributed by atoms with Crippen molar-refractivity contribution in [2.75, 3.05) is 20.0 Å². The van der Waals surface area contributed by atoms with Crippen LogP contribution in [0.5, 0.6) is 11.5 Å². The van der Waals surface area contributed by atoms with E-state index < -0.39 is 11.5 Å². The number of nitrogens with two attached hydrogens (primary N) is 1. The van der Waals surface area contributed by atoms with Gasteiger partial charge in [-0.2, -0.15) is 0 Å². The third-order valence-corrected chi connectivity index (χ3v) is 6.16. The number of nitrogens with zero attached hydrogens (tertiary/aromatic N) is 2. The quantitative estimate of drug-likeness (QED) is 0.244. The van der Waals surface area contributed by atoms with Gasteiger partial charge in [0.2, 0.25) is 0 Å². The normalized spacial score (nSPS) is 10.8. The summed E-state index contributed by atoms with van der Waals surface area (Å²) in [4.78, 5) is 31.6. The van der Waals surface area contributed by atoms with Crippen LogP contribution in [-0.2, 0) is 11.3 Å². The monoisotopic (exact) mass is 507 g/mol. The van der Waals surface area contributed by atoms with Crippen LogP contribution in [0.2, 0.25) is 0 Å². The first-order valence-corrected chi connectivity index (χ1v) is 11.8. The SMILES string of the molecule is COC(=O)c1c(-c2cccc(OC)c2)c2ccc(OCc3ccccn3)cc2c(=O)n1-c1ccc(N)cc1. The highest BCUT2D eigenvalue weighted by Crippen LogP contribution is 2.35. The summed E-state index contributed by atoms with van der Waals surface area (Å²) in [5.41, 5.74) is 8.54. The Bertz CT molecular complexity index is 1680. The lowest BCUT2D eigenvalue weighted by atomic mass is 9.96. The van der Waals surface area contributed by atoms with E-state index in [0.29, 0.717) is 44.8 Å². The van der Waals surface area contributed by atoms with Crippen molar-refractivity contribution in [2.45, 2.75) is 6.61 Å². The van der Waals surface area contributed by atoms with E-state index in [1.165, 1.54) is 11.7 Å².